The van der Waals surface area contributed by atoms with Gasteiger partial charge in [-0.05, 0) is 85.7 Å². The third-order valence-electron chi connectivity index (χ3n) is 5.24. The summed E-state index contributed by atoms with van der Waals surface area (Å²) in [5.41, 5.74) is -0.828. The molecule has 2 rings (SSSR count). The van der Waals surface area contributed by atoms with Gasteiger partial charge in [0.15, 0.2) is 0 Å². The summed E-state index contributed by atoms with van der Waals surface area (Å²) in [7, 11) is -23.2. The molecule has 0 saturated carbocycles. The molecule has 2 aromatic carbocycles. The van der Waals surface area contributed by atoms with Crippen LogP contribution in [0.15, 0.2) is 50.6 Å². The molecular formula is C24H32F12N2O2S4. The van der Waals surface area contributed by atoms with Crippen LogP contribution >= 0.6 is 20.4 Å². The van der Waals surface area contributed by atoms with Crippen molar-refractivity contribution in [1.82, 2.24) is 4.72 Å². The van der Waals surface area contributed by atoms with Crippen LogP contribution in [0, 0.1) is 11.6 Å². The van der Waals surface area contributed by atoms with Gasteiger partial charge in [0.2, 0.25) is 0 Å². The van der Waals surface area contributed by atoms with Crippen molar-refractivity contribution in [3.63, 3.8) is 0 Å². The lowest BCUT2D eigenvalue weighted by atomic mass is 10.1. The van der Waals surface area contributed by atoms with Gasteiger partial charge in [0, 0.05) is 17.2 Å². The molecule has 0 unspecified atom stereocenters. The molecular weight excluding hydrogens is 705 g/mol. The average Bonchev–Trinajstić information content (AvgIpc) is 2.74. The monoisotopic (exact) mass is 736 g/mol. The Labute approximate surface area is 252 Å². The van der Waals surface area contributed by atoms with E-state index < -0.39 is 84.9 Å². The second kappa shape index (κ2) is 10.9. The lowest BCUT2D eigenvalue weighted by molar-refractivity contribution is 0.359. The maximum atomic E-state index is 13.8. The van der Waals surface area contributed by atoms with E-state index in [4.69, 9.17) is 0 Å². The first-order valence-electron chi connectivity index (χ1n) is 12.1. The van der Waals surface area contributed by atoms with Crippen molar-refractivity contribution in [3.05, 3.63) is 59.2 Å². The van der Waals surface area contributed by atoms with Crippen LogP contribution in [-0.2, 0) is 22.0 Å². The van der Waals surface area contributed by atoms with Gasteiger partial charge >= 0.3 is 20.4 Å². The Bertz CT molecular complexity index is 1500. The fourth-order valence-corrected chi connectivity index (χ4v) is 5.56. The zero-order chi connectivity index (χ0) is 35.2. The number of hydrogen-bond donors (Lipinski definition) is 1. The molecule has 0 aromatic heterocycles. The van der Waals surface area contributed by atoms with Crippen LogP contribution < -0.4 is 4.72 Å². The highest BCUT2D eigenvalue weighted by molar-refractivity contribution is 8.46. The second-order valence-electron chi connectivity index (χ2n) is 11.5. The van der Waals surface area contributed by atoms with Gasteiger partial charge in [0.1, 0.15) is 32.4 Å². The molecule has 0 amide bonds. The molecule has 0 fully saturated rings. The van der Waals surface area contributed by atoms with E-state index in [0.29, 0.717) is 12.1 Å². The Morgan fingerprint density at radius 3 is 1.48 bits per heavy atom. The first-order chi connectivity index (χ1) is 18.8. The summed E-state index contributed by atoms with van der Waals surface area (Å²) < 4.78 is 182. The molecule has 4 nitrogen and oxygen atoms in total. The molecule has 0 aliphatic rings. The summed E-state index contributed by atoms with van der Waals surface area (Å²) in [5, 5.41) is 0. The van der Waals surface area contributed by atoms with E-state index in [1.165, 1.54) is 13.8 Å². The standard InChI is InChI=1S/C12H17F6NOS2.C12H15F6NOS2/c2*1-8(19-21(20)12(2,3)4)10-6-5-9(7-11(10)13)22(14,15,16,17)18/h5-8,19H,1-4H3;5-7H,1-4H3/t8-,21-;21-/m11/s1. The summed E-state index contributed by atoms with van der Waals surface area (Å²) in [6.07, 6.45) is 0. The van der Waals surface area contributed by atoms with E-state index in [1.807, 2.05) is 0 Å². The van der Waals surface area contributed by atoms with E-state index in [0.717, 1.165) is 0 Å². The van der Waals surface area contributed by atoms with E-state index >= 15 is 0 Å². The fraction of sp³-hybridized carbons (Fsp3) is 0.458. The lowest BCUT2D eigenvalue weighted by Crippen LogP contribution is -2.35. The van der Waals surface area contributed by atoms with Gasteiger partial charge in [0.05, 0.1) is 26.2 Å². The highest BCUT2D eigenvalue weighted by Crippen LogP contribution is 3.02. The summed E-state index contributed by atoms with van der Waals surface area (Å²) in [6.45, 7) is 12.4. The molecule has 0 radical (unpaired) electrons. The molecule has 0 bridgehead atoms. The van der Waals surface area contributed by atoms with Crippen molar-refractivity contribution in [1.29, 1.82) is 0 Å². The number of benzene rings is 2. The van der Waals surface area contributed by atoms with E-state index in [1.54, 1.807) is 41.5 Å². The van der Waals surface area contributed by atoms with Crippen LogP contribution in [0.25, 0.3) is 0 Å². The topological polar surface area (TPSA) is 58.5 Å². The molecule has 0 aliphatic heterocycles. The Kier molecular flexibility index (Phi) is 9.98. The third kappa shape index (κ3) is 11.9. The predicted molar refractivity (Wildman–Crippen MR) is 155 cm³/mol. The molecule has 20 heteroatoms. The summed E-state index contributed by atoms with van der Waals surface area (Å²) in [5.74, 6) is -2.94. The Morgan fingerprint density at radius 2 is 1.14 bits per heavy atom. The number of nitrogens with one attached hydrogen (secondary N) is 1. The molecule has 0 aliphatic carbocycles. The minimum Gasteiger partial charge on any atom is -0.242 e. The maximum Gasteiger partial charge on any atom is 0.310 e. The Hall–Kier alpha value is -1.77. The molecule has 258 valence electrons. The molecule has 2 aromatic rings. The largest absolute Gasteiger partial charge is 0.310 e. The Balaban J connectivity index is 0.000000440. The minimum atomic E-state index is -9.93. The van der Waals surface area contributed by atoms with Crippen LogP contribution in [0.4, 0.5) is 47.6 Å². The summed E-state index contributed by atoms with van der Waals surface area (Å²) in [6, 6.07) is 0.0105. The van der Waals surface area contributed by atoms with Crippen LogP contribution in [0.5, 0.6) is 0 Å². The number of rotatable bonds is 7. The van der Waals surface area contributed by atoms with Crippen molar-refractivity contribution in [2.75, 3.05) is 0 Å². The molecule has 1 N–H and O–H groups in total. The van der Waals surface area contributed by atoms with Gasteiger partial charge in [-0.15, -0.1) is 0 Å². The number of hydrogen-bond acceptors (Lipinski definition) is 2. The van der Waals surface area contributed by atoms with Crippen molar-refractivity contribution in [2.24, 2.45) is 4.40 Å². The normalized spacial score (nSPS) is 18.9. The third-order valence-corrected chi connectivity index (χ3v) is 10.7. The van der Waals surface area contributed by atoms with Gasteiger partial charge in [-0.1, -0.05) is 44.9 Å². The summed E-state index contributed by atoms with van der Waals surface area (Å²) in [4.78, 5) is -4.60. The van der Waals surface area contributed by atoms with E-state index in [2.05, 4.69) is 9.12 Å². The summed E-state index contributed by atoms with van der Waals surface area (Å²) >= 11 is 0. The van der Waals surface area contributed by atoms with Gasteiger partial charge in [-0.2, -0.15) is 4.40 Å². The van der Waals surface area contributed by atoms with Crippen molar-refractivity contribution < 1.29 is 56.1 Å². The zero-order valence-electron chi connectivity index (χ0n) is 24.5. The zero-order valence-corrected chi connectivity index (χ0v) is 27.7. The number of halogens is 12. The molecule has 0 spiro atoms. The lowest BCUT2D eigenvalue weighted by Gasteiger charge is -2.40. The SMILES string of the molecule is CC(=N[S@](=O)C(C)(C)C)c1ccc(S(F)(F)(F)(F)F)cc1F.C[C@@H](N[S@](=O)C(C)(C)C)c1ccc(S(F)(F)(F)(F)F)cc1F. The van der Waals surface area contributed by atoms with Crippen molar-refractivity contribution in [3.8, 4) is 0 Å². The first kappa shape index (κ1) is 40.3. The smallest absolute Gasteiger partial charge is 0.242 e. The second-order valence-corrected chi connectivity index (χ2v) is 20.2. The van der Waals surface area contributed by atoms with Crippen LogP contribution in [-0.4, -0.2) is 23.6 Å². The average molecular weight is 737 g/mol. The molecule has 0 saturated heterocycles. The number of nitrogens with zero attached hydrogens (tertiary/aromatic N) is 1. The molecule has 3 atom stereocenters. The first-order valence-corrected chi connectivity index (χ1v) is 18.2. The fourth-order valence-electron chi connectivity index (χ4n) is 2.84. The molecule has 0 heterocycles. The van der Waals surface area contributed by atoms with Gasteiger partial charge in [-0.3, -0.25) is 0 Å². The maximum absolute atomic E-state index is 13.8. The van der Waals surface area contributed by atoms with Gasteiger partial charge in [-0.25, -0.2) is 21.9 Å². The van der Waals surface area contributed by atoms with E-state index in [9.17, 15) is 56.1 Å². The van der Waals surface area contributed by atoms with Crippen molar-refractivity contribution >= 4 is 48.1 Å². The van der Waals surface area contributed by atoms with Crippen LogP contribution in [0.1, 0.15) is 72.6 Å². The highest BCUT2D eigenvalue weighted by Gasteiger charge is 2.66. The van der Waals surface area contributed by atoms with Crippen LogP contribution in [0.2, 0.25) is 0 Å². The highest BCUT2D eigenvalue weighted by atomic mass is 32.5. The van der Waals surface area contributed by atoms with Crippen molar-refractivity contribution in [2.45, 2.75) is 80.7 Å². The van der Waals surface area contributed by atoms with Gasteiger partial charge in [0.25, 0.3) is 0 Å². The predicted octanol–water partition coefficient (Wildman–Crippen LogP) is 11.4. The van der Waals surface area contributed by atoms with Crippen LogP contribution in [0.3, 0.4) is 0 Å². The minimum absolute atomic E-state index is 0.0962. The van der Waals surface area contributed by atoms with E-state index in [-0.39, 0.29) is 35.5 Å². The Morgan fingerprint density at radius 1 is 0.727 bits per heavy atom. The quantitative estimate of drug-likeness (QED) is 0.227. The van der Waals surface area contributed by atoms with Gasteiger partial charge < -0.3 is 0 Å². The molecule has 44 heavy (non-hydrogen) atoms.